The number of aldehydes is 1. The number of aryl methyl sites for hydroxylation is 1. The third-order valence-electron chi connectivity index (χ3n) is 28.6. The molecule has 9 saturated carbocycles. The quantitative estimate of drug-likeness (QED) is 0.0740. The average Bonchev–Trinajstić information content (AvgIpc) is 1.63. The van der Waals surface area contributed by atoms with E-state index in [1.54, 1.807) is 6.08 Å². The highest BCUT2D eigenvalue weighted by molar-refractivity contribution is 5.86. The number of likely N-dealkylation sites (N-methyl/N-ethyl adjacent to an activating group) is 1. The Morgan fingerprint density at radius 3 is 2.38 bits per heavy atom. The van der Waals surface area contributed by atoms with Gasteiger partial charge < -0.3 is 45.5 Å². The number of fused-ring (bicyclic) bond motifs is 1. The summed E-state index contributed by atoms with van der Waals surface area (Å²) in [5.74, 6) is 5.68. The normalized spacial score (nSPS) is 46.7. The van der Waals surface area contributed by atoms with E-state index >= 15 is 15.0 Å². The lowest BCUT2D eigenvalue weighted by atomic mass is 9.32. The van der Waals surface area contributed by atoms with Gasteiger partial charge in [-0.2, -0.15) is 0 Å². The number of hydrogen-bond donors (Lipinski definition) is 7. The van der Waals surface area contributed by atoms with Crippen LogP contribution in [0.3, 0.4) is 0 Å². The summed E-state index contributed by atoms with van der Waals surface area (Å²) >= 11 is 0. The third-order valence-corrected chi connectivity index (χ3v) is 28.6. The molecule has 1 aliphatic heterocycles. The molecule has 0 unspecified atom stereocenters. The topological polar surface area (TPSA) is 177 Å². The Bertz CT molecular complexity index is 3300. The second-order valence-electron chi connectivity index (χ2n) is 31.7. The molecule has 17 bridgehead atoms. The molecule has 0 aromatic heterocycles. The van der Waals surface area contributed by atoms with Gasteiger partial charge in [-0.25, -0.2) is 4.79 Å². The van der Waals surface area contributed by atoms with Gasteiger partial charge in [0.15, 0.2) is 0 Å². The van der Waals surface area contributed by atoms with Crippen molar-refractivity contribution >= 4 is 12.3 Å². The number of ether oxygens (including phenoxy) is 1. The van der Waals surface area contributed by atoms with Crippen molar-refractivity contribution < 1.29 is 45.0 Å². The van der Waals surface area contributed by atoms with Crippen molar-refractivity contribution in [3.05, 3.63) is 117 Å². The summed E-state index contributed by atoms with van der Waals surface area (Å²) in [4.78, 5) is 29.9. The number of benzene rings is 3. The van der Waals surface area contributed by atoms with E-state index in [-0.39, 0.29) is 67.4 Å². The Hall–Kier alpha value is -4.18. The van der Waals surface area contributed by atoms with Gasteiger partial charge in [0, 0.05) is 52.2 Å². The van der Waals surface area contributed by atoms with Crippen LogP contribution in [0.2, 0.25) is 0 Å². The minimum absolute atomic E-state index is 0.0651. The van der Waals surface area contributed by atoms with E-state index in [1.165, 1.54) is 40.7 Å². The van der Waals surface area contributed by atoms with Gasteiger partial charge in [-0.1, -0.05) is 99.0 Å². The lowest BCUT2D eigenvalue weighted by Crippen LogP contribution is -2.86. The average molecular weight is 1150 g/mol. The van der Waals surface area contributed by atoms with Gasteiger partial charge in [0.25, 0.3) is 0 Å². The summed E-state index contributed by atoms with van der Waals surface area (Å²) in [5, 5.41) is 88.2. The number of aliphatic hydroxyl groups excluding tert-OH is 3. The number of aliphatic hydroxyl groups is 6. The van der Waals surface area contributed by atoms with Crippen LogP contribution < -0.4 is 5.32 Å². The second kappa shape index (κ2) is 19.9. The van der Waals surface area contributed by atoms with E-state index in [2.05, 4.69) is 72.6 Å². The molecule has 0 amide bonds. The van der Waals surface area contributed by atoms with E-state index in [9.17, 15) is 25.2 Å². The highest BCUT2D eigenvalue weighted by Crippen LogP contribution is 2.80. The fourth-order valence-electron chi connectivity index (χ4n) is 25.2. The van der Waals surface area contributed by atoms with Crippen LogP contribution in [-0.2, 0) is 53.0 Å². The first-order valence-electron chi connectivity index (χ1n) is 34.0. The van der Waals surface area contributed by atoms with Gasteiger partial charge in [0.05, 0.1) is 29.8 Å². The van der Waals surface area contributed by atoms with Crippen LogP contribution in [0.15, 0.2) is 72.3 Å². The molecular formula is C75H93NO9. The molecule has 10 heteroatoms. The molecule has 7 N–H and O–H groups in total. The summed E-state index contributed by atoms with van der Waals surface area (Å²) < 4.78 is 6.58. The van der Waals surface area contributed by atoms with E-state index in [0.29, 0.717) is 56.8 Å². The molecule has 10 nitrogen and oxygen atoms in total. The predicted molar refractivity (Wildman–Crippen MR) is 323 cm³/mol. The molecule has 22 atom stereocenters. The smallest absolute Gasteiger partial charge is 0.331 e. The van der Waals surface area contributed by atoms with Crippen LogP contribution in [0.1, 0.15) is 180 Å². The molecule has 1 heterocycles. The molecule has 16 aliphatic rings. The van der Waals surface area contributed by atoms with Crippen LogP contribution in [-0.4, -0.2) is 91.1 Å². The standard InChI is InChI=1S/C75H93NO9/c1-43(47-10-3-4-11-47)49-19-21-60-67(80)70-26-22-45(35-70)17-16-44-8-5-9-46(28-44)29-50-13-7-14-51-30-54-37-69(36-52(54)18-20-56(50)51)25-23-48-12-6-15-53(39-77)57(48)33-62(76-2)58-31-55-38-73(82)71(40-69,65(55)59-34-64(79)85-66(58)59)27-24-63-72(41-70,42-78)74(60,83)61(32-49)68(81)75(63,73)84/h5-9,12-15,28,34,42-43,45,47,49,52,54-55,58,60-63,65-68,76-77,80-84H,3-4,10-11,16-22,24,26-27,29-33,35-41H2,1-2H3/t43-,45+,49+,52+,54+,55-,58-,60+,61+,62-,63+,65+,66+,67+,68+,69-,70-,71-,72-,73+,74+,75-/m0/s1. The zero-order chi connectivity index (χ0) is 58.2. The maximum Gasteiger partial charge on any atom is 0.331 e. The molecule has 9 fully saturated rings. The molecule has 0 radical (unpaired) electrons. The van der Waals surface area contributed by atoms with Crippen LogP contribution in [0, 0.1) is 105 Å². The number of hydrogen-bond acceptors (Lipinski definition) is 10. The Morgan fingerprint density at radius 2 is 1.55 bits per heavy atom. The van der Waals surface area contributed by atoms with Crippen molar-refractivity contribution in [2.45, 2.75) is 215 Å². The monoisotopic (exact) mass is 1150 g/mol. The van der Waals surface area contributed by atoms with Crippen molar-refractivity contribution in [2.75, 3.05) is 7.05 Å². The first-order chi connectivity index (χ1) is 41.0. The van der Waals surface area contributed by atoms with Gasteiger partial charge in [0.2, 0.25) is 0 Å². The number of esters is 1. The van der Waals surface area contributed by atoms with Crippen LogP contribution in [0.4, 0.5) is 0 Å². The van der Waals surface area contributed by atoms with Gasteiger partial charge in [-0.15, -0.1) is 0 Å². The number of carbonyl (C=O) groups excluding carboxylic acids is 2. The molecule has 3 aromatic carbocycles. The number of carbonyl (C=O) groups is 2. The van der Waals surface area contributed by atoms with E-state index < -0.39 is 86.4 Å². The molecule has 452 valence electrons. The van der Waals surface area contributed by atoms with Gasteiger partial charge in [-0.05, 0) is 245 Å². The van der Waals surface area contributed by atoms with Crippen molar-refractivity contribution in [1.82, 2.24) is 5.32 Å². The summed E-state index contributed by atoms with van der Waals surface area (Å²) in [6.07, 6.45) is 18.0. The predicted octanol–water partition coefficient (Wildman–Crippen LogP) is 9.87. The second-order valence-corrected chi connectivity index (χ2v) is 31.7. The Labute approximate surface area is 503 Å². The summed E-state index contributed by atoms with van der Waals surface area (Å²) in [7, 11) is 1.96. The highest BCUT2D eigenvalue weighted by Gasteiger charge is 2.87. The molecule has 3 aromatic rings. The van der Waals surface area contributed by atoms with Gasteiger partial charge >= 0.3 is 5.97 Å². The van der Waals surface area contributed by atoms with Crippen molar-refractivity contribution in [3.8, 4) is 11.8 Å². The highest BCUT2D eigenvalue weighted by atomic mass is 16.5. The number of rotatable bonds is 5. The van der Waals surface area contributed by atoms with Crippen LogP contribution in [0.5, 0.6) is 0 Å². The fraction of sp³-hybridized carbons (Fsp3) is 0.680. The lowest BCUT2D eigenvalue weighted by molar-refractivity contribution is -0.385. The number of nitrogens with one attached hydrogen (secondary N) is 1. The molecule has 19 rings (SSSR count). The van der Waals surface area contributed by atoms with E-state index in [1.807, 2.05) is 19.2 Å². The van der Waals surface area contributed by atoms with Crippen molar-refractivity contribution in [1.29, 1.82) is 0 Å². The summed E-state index contributed by atoms with van der Waals surface area (Å²) in [6, 6.07) is 22.0. The Kier molecular flexibility index (Phi) is 13.1. The van der Waals surface area contributed by atoms with Gasteiger partial charge in [0.1, 0.15) is 23.6 Å². The largest absolute Gasteiger partial charge is 0.454 e. The van der Waals surface area contributed by atoms with Crippen molar-refractivity contribution in [2.24, 2.45) is 92.7 Å². The fourth-order valence-corrected chi connectivity index (χ4v) is 25.2. The van der Waals surface area contributed by atoms with E-state index in [0.717, 1.165) is 112 Å². The minimum atomic E-state index is -2.28. The maximum absolute atomic E-state index is 15.6. The Balaban J connectivity index is 0.936. The molecule has 85 heavy (non-hydrogen) atoms. The summed E-state index contributed by atoms with van der Waals surface area (Å²) in [6.45, 7) is 2.22. The zero-order valence-corrected chi connectivity index (χ0v) is 50.5. The molecule has 15 aliphatic carbocycles. The minimum Gasteiger partial charge on any atom is -0.454 e. The summed E-state index contributed by atoms with van der Waals surface area (Å²) in [5.41, 5.74) is 0.207. The van der Waals surface area contributed by atoms with Crippen LogP contribution in [0.25, 0.3) is 0 Å². The first kappa shape index (κ1) is 56.1. The van der Waals surface area contributed by atoms with E-state index in [4.69, 9.17) is 4.74 Å². The zero-order valence-electron chi connectivity index (χ0n) is 50.5. The molecule has 0 saturated heterocycles. The SMILES string of the molecule is CN[C@H]1Cc2c(cccc2CO)C#C[C@]23C[C@H]4CCc5c(cccc5C[C@@H]4C2)Cc2cccc(c2)CC[C@@H]2CC[C@]4(C2)C[C@]2(C=O)[C@H]5CC[C@]6(C3)[C@H]3C7=CC(=O)O[C@@H]7[C@H]1C[C@H]3C[C@]6(O)[C@@]5(O)[C@H](O)[C@H]1C[C@H]([C@@H](C)C3CCCC3)CC[C@H]([C@H]4O)[C@@]12O. The lowest BCUT2D eigenvalue weighted by Gasteiger charge is -2.75. The maximum atomic E-state index is 15.6. The van der Waals surface area contributed by atoms with Crippen LogP contribution >= 0.6 is 0 Å². The Morgan fingerprint density at radius 1 is 0.753 bits per heavy atom. The third kappa shape index (κ3) is 7.75. The molecular weight excluding hydrogens is 1060 g/mol. The first-order valence-corrected chi connectivity index (χ1v) is 34.0. The van der Waals surface area contributed by atoms with Gasteiger partial charge in [-0.3, -0.25) is 0 Å². The molecule has 3 spiro atoms. The van der Waals surface area contributed by atoms with Crippen molar-refractivity contribution in [3.63, 3.8) is 0 Å².